The zero-order valence-corrected chi connectivity index (χ0v) is 11.6. The van der Waals surface area contributed by atoms with E-state index < -0.39 is 0 Å². The van der Waals surface area contributed by atoms with Crippen LogP contribution in [0.1, 0.15) is 30.4 Å². The van der Waals surface area contributed by atoms with Crippen molar-refractivity contribution >= 4 is 5.78 Å². The van der Waals surface area contributed by atoms with E-state index in [-0.39, 0.29) is 17.8 Å². The van der Waals surface area contributed by atoms with E-state index in [0.717, 1.165) is 23.3 Å². The standard InChI is InChI=1S/C18H18O2/c1-2-15(13-8-4-3-5-9-13)18(19)17-12-14-10-6-7-11-16(14)20-17/h3-11,15,17H,2,12H2,1H3. The van der Waals surface area contributed by atoms with Gasteiger partial charge in [-0.25, -0.2) is 0 Å². The predicted molar refractivity (Wildman–Crippen MR) is 79.0 cm³/mol. The van der Waals surface area contributed by atoms with Crippen LogP contribution in [0.2, 0.25) is 0 Å². The summed E-state index contributed by atoms with van der Waals surface area (Å²) >= 11 is 0. The SMILES string of the molecule is CCC(C(=O)C1Cc2ccccc2O1)c1ccccc1. The molecule has 1 aliphatic heterocycles. The Bertz CT molecular complexity index is 579. The van der Waals surface area contributed by atoms with Gasteiger partial charge in [0.25, 0.3) is 0 Å². The van der Waals surface area contributed by atoms with Crippen molar-refractivity contribution in [1.29, 1.82) is 0 Å². The van der Waals surface area contributed by atoms with Gasteiger partial charge in [0.15, 0.2) is 11.9 Å². The number of rotatable bonds is 4. The van der Waals surface area contributed by atoms with Crippen molar-refractivity contribution in [3.05, 3.63) is 65.7 Å². The van der Waals surface area contributed by atoms with Gasteiger partial charge in [0.1, 0.15) is 5.75 Å². The van der Waals surface area contributed by atoms with E-state index in [2.05, 4.69) is 6.92 Å². The van der Waals surface area contributed by atoms with Gasteiger partial charge in [-0.3, -0.25) is 4.79 Å². The molecule has 0 fully saturated rings. The Labute approximate surface area is 119 Å². The fraction of sp³-hybridized carbons (Fsp3) is 0.278. The number of benzene rings is 2. The van der Waals surface area contributed by atoms with Crippen molar-refractivity contribution in [2.75, 3.05) is 0 Å². The minimum Gasteiger partial charge on any atom is -0.482 e. The highest BCUT2D eigenvalue weighted by Crippen LogP contribution is 2.32. The molecule has 0 saturated carbocycles. The van der Waals surface area contributed by atoms with Gasteiger partial charge in [-0.15, -0.1) is 0 Å². The molecule has 1 aliphatic rings. The number of ether oxygens (including phenoxy) is 1. The van der Waals surface area contributed by atoms with Gasteiger partial charge in [0.2, 0.25) is 0 Å². The van der Waals surface area contributed by atoms with Crippen molar-refractivity contribution in [3.8, 4) is 5.75 Å². The lowest BCUT2D eigenvalue weighted by Gasteiger charge is -2.18. The molecule has 1 heterocycles. The highest BCUT2D eigenvalue weighted by atomic mass is 16.5. The summed E-state index contributed by atoms with van der Waals surface area (Å²) < 4.78 is 5.82. The first-order valence-electron chi connectivity index (χ1n) is 7.13. The van der Waals surface area contributed by atoms with Crippen molar-refractivity contribution in [2.24, 2.45) is 0 Å². The third kappa shape index (κ3) is 2.34. The monoisotopic (exact) mass is 266 g/mol. The molecule has 102 valence electrons. The summed E-state index contributed by atoms with van der Waals surface area (Å²) in [5, 5.41) is 0. The number of hydrogen-bond donors (Lipinski definition) is 0. The third-order valence-electron chi connectivity index (χ3n) is 3.92. The summed E-state index contributed by atoms with van der Waals surface area (Å²) in [6.45, 7) is 2.05. The summed E-state index contributed by atoms with van der Waals surface area (Å²) in [6, 6.07) is 17.9. The zero-order chi connectivity index (χ0) is 13.9. The molecule has 0 N–H and O–H groups in total. The average molecular weight is 266 g/mol. The molecule has 2 nitrogen and oxygen atoms in total. The maximum Gasteiger partial charge on any atom is 0.181 e. The second-order valence-electron chi connectivity index (χ2n) is 5.19. The van der Waals surface area contributed by atoms with Gasteiger partial charge in [-0.2, -0.15) is 0 Å². The molecule has 2 aromatic rings. The molecule has 2 atom stereocenters. The average Bonchev–Trinajstić information content (AvgIpc) is 2.93. The van der Waals surface area contributed by atoms with Crippen LogP contribution in [0.15, 0.2) is 54.6 Å². The van der Waals surface area contributed by atoms with Crippen LogP contribution in [0.5, 0.6) is 5.75 Å². The first kappa shape index (κ1) is 12.9. The Morgan fingerprint density at radius 3 is 2.55 bits per heavy atom. The van der Waals surface area contributed by atoms with E-state index in [0.29, 0.717) is 6.42 Å². The summed E-state index contributed by atoms with van der Waals surface area (Å²) in [5.74, 6) is 0.971. The Morgan fingerprint density at radius 1 is 1.15 bits per heavy atom. The first-order chi connectivity index (χ1) is 9.79. The smallest absolute Gasteiger partial charge is 0.181 e. The lowest BCUT2D eigenvalue weighted by Crippen LogP contribution is -2.30. The number of carbonyl (C=O) groups excluding carboxylic acids is 1. The van der Waals surface area contributed by atoms with Crippen LogP contribution < -0.4 is 4.74 Å². The highest BCUT2D eigenvalue weighted by Gasteiger charge is 2.33. The second kappa shape index (κ2) is 5.49. The van der Waals surface area contributed by atoms with Crippen molar-refractivity contribution < 1.29 is 9.53 Å². The normalized spacial score (nSPS) is 18.1. The molecule has 2 unspecified atom stereocenters. The third-order valence-corrected chi connectivity index (χ3v) is 3.92. The number of Topliss-reactive ketones (excluding diaryl/α,β-unsaturated/α-hetero) is 1. The minimum atomic E-state index is -0.336. The molecule has 0 amide bonds. The molecule has 20 heavy (non-hydrogen) atoms. The summed E-state index contributed by atoms with van der Waals surface area (Å²) in [7, 11) is 0. The molecule has 0 aromatic heterocycles. The highest BCUT2D eigenvalue weighted by molar-refractivity contribution is 5.90. The van der Waals surface area contributed by atoms with Gasteiger partial charge < -0.3 is 4.74 Å². The van der Waals surface area contributed by atoms with Gasteiger partial charge in [-0.05, 0) is 23.6 Å². The van der Waals surface area contributed by atoms with E-state index in [9.17, 15) is 4.79 Å². The number of ketones is 1. The number of hydrogen-bond acceptors (Lipinski definition) is 2. The quantitative estimate of drug-likeness (QED) is 0.842. The fourth-order valence-electron chi connectivity index (χ4n) is 2.85. The lowest BCUT2D eigenvalue weighted by molar-refractivity contribution is -0.126. The molecule has 2 heteroatoms. The lowest BCUT2D eigenvalue weighted by atomic mass is 9.88. The van der Waals surface area contributed by atoms with Crippen molar-refractivity contribution in [2.45, 2.75) is 31.8 Å². The van der Waals surface area contributed by atoms with Crippen molar-refractivity contribution in [3.63, 3.8) is 0 Å². The van der Waals surface area contributed by atoms with Crippen LogP contribution in [0.25, 0.3) is 0 Å². The van der Waals surface area contributed by atoms with E-state index >= 15 is 0 Å². The molecular formula is C18H18O2. The van der Waals surface area contributed by atoms with Gasteiger partial charge >= 0.3 is 0 Å². The predicted octanol–water partition coefficient (Wildman–Crippen LogP) is 3.75. The molecule has 0 saturated heterocycles. The van der Waals surface area contributed by atoms with Gasteiger partial charge in [0, 0.05) is 12.3 Å². The van der Waals surface area contributed by atoms with Crippen LogP contribution >= 0.6 is 0 Å². The summed E-state index contributed by atoms with van der Waals surface area (Å²) in [5.41, 5.74) is 2.22. The van der Waals surface area contributed by atoms with E-state index in [1.54, 1.807) is 0 Å². The molecule has 0 aliphatic carbocycles. The van der Waals surface area contributed by atoms with E-state index in [4.69, 9.17) is 4.74 Å². The second-order valence-corrected chi connectivity index (χ2v) is 5.19. The summed E-state index contributed by atoms with van der Waals surface area (Å²) in [6.07, 6.45) is 1.16. The number of para-hydroxylation sites is 1. The zero-order valence-electron chi connectivity index (χ0n) is 11.6. The van der Waals surface area contributed by atoms with Crippen LogP contribution in [-0.4, -0.2) is 11.9 Å². The first-order valence-corrected chi connectivity index (χ1v) is 7.13. The largest absolute Gasteiger partial charge is 0.482 e. The van der Waals surface area contributed by atoms with Crippen molar-refractivity contribution in [1.82, 2.24) is 0 Å². The maximum atomic E-state index is 12.7. The molecular weight excluding hydrogens is 248 g/mol. The Morgan fingerprint density at radius 2 is 1.85 bits per heavy atom. The van der Waals surface area contributed by atoms with Crippen LogP contribution in [0.4, 0.5) is 0 Å². The van der Waals surface area contributed by atoms with E-state index in [1.165, 1.54) is 0 Å². The maximum absolute atomic E-state index is 12.7. The van der Waals surface area contributed by atoms with Gasteiger partial charge in [-0.1, -0.05) is 55.5 Å². The summed E-state index contributed by atoms with van der Waals surface area (Å²) in [4.78, 5) is 12.7. The Kier molecular flexibility index (Phi) is 3.55. The molecule has 0 spiro atoms. The fourth-order valence-corrected chi connectivity index (χ4v) is 2.85. The topological polar surface area (TPSA) is 26.3 Å². The van der Waals surface area contributed by atoms with Crippen LogP contribution in [-0.2, 0) is 11.2 Å². The van der Waals surface area contributed by atoms with Gasteiger partial charge in [0.05, 0.1) is 0 Å². The Hall–Kier alpha value is -2.09. The van der Waals surface area contributed by atoms with Crippen LogP contribution in [0.3, 0.4) is 0 Å². The number of carbonyl (C=O) groups is 1. The molecule has 3 rings (SSSR count). The Balaban J connectivity index is 1.80. The number of fused-ring (bicyclic) bond motifs is 1. The van der Waals surface area contributed by atoms with Crippen LogP contribution in [0, 0.1) is 0 Å². The molecule has 0 bridgehead atoms. The molecule has 2 aromatic carbocycles. The van der Waals surface area contributed by atoms with E-state index in [1.807, 2.05) is 54.6 Å². The minimum absolute atomic E-state index is 0.0736. The molecule has 0 radical (unpaired) electrons.